The maximum Gasteiger partial charge on any atom is 0.229 e. The minimum Gasteiger partial charge on any atom is -0.310 e. The largest absolute Gasteiger partial charge is 0.310 e. The first-order chi connectivity index (χ1) is 7.25. The van der Waals surface area contributed by atoms with Crippen molar-refractivity contribution >= 4 is 46.1 Å². The Morgan fingerprint density at radius 2 is 2.47 bits per heavy atom. The number of amides is 1. The van der Waals surface area contributed by atoms with Gasteiger partial charge in [-0.05, 0) is 46.9 Å². The van der Waals surface area contributed by atoms with Crippen molar-refractivity contribution in [1.29, 1.82) is 0 Å². The molecule has 80 valence electrons. The number of carbonyl (C=O) groups is 1. The van der Waals surface area contributed by atoms with Gasteiger partial charge in [-0.15, -0.1) is 0 Å². The highest BCUT2D eigenvalue weighted by molar-refractivity contribution is 14.1. The number of thioether (sulfide) groups is 1. The maximum atomic E-state index is 11.7. The molecule has 0 bridgehead atoms. The molecule has 1 aliphatic rings. The van der Waals surface area contributed by atoms with Crippen LogP contribution in [0.3, 0.4) is 0 Å². The quantitative estimate of drug-likeness (QED) is 0.845. The summed E-state index contributed by atoms with van der Waals surface area (Å²) in [6.45, 7) is 0. The second-order valence-corrected chi connectivity index (χ2v) is 5.81. The van der Waals surface area contributed by atoms with Gasteiger partial charge in [0, 0.05) is 21.4 Å². The molecular formula is C10H11IN2OS. The molecule has 1 aliphatic heterocycles. The third-order valence-electron chi connectivity index (χ3n) is 2.28. The first kappa shape index (κ1) is 11.2. The Balaban J connectivity index is 1.96. The summed E-state index contributed by atoms with van der Waals surface area (Å²) in [6.07, 6.45) is 2.74. The Morgan fingerprint density at radius 3 is 3.07 bits per heavy atom. The molecule has 15 heavy (non-hydrogen) atoms. The number of aromatic nitrogens is 1. The number of pyridine rings is 1. The molecule has 0 aliphatic carbocycles. The lowest BCUT2D eigenvalue weighted by atomic mass is 10.1. The zero-order valence-corrected chi connectivity index (χ0v) is 11.0. The molecular weight excluding hydrogens is 323 g/mol. The molecule has 1 amide bonds. The number of carbonyl (C=O) groups excluding carboxylic acids is 1. The van der Waals surface area contributed by atoms with E-state index in [4.69, 9.17) is 0 Å². The van der Waals surface area contributed by atoms with E-state index in [1.54, 1.807) is 6.20 Å². The summed E-state index contributed by atoms with van der Waals surface area (Å²) in [4.78, 5) is 15.9. The van der Waals surface area contributed by atoms with Crippen molar-refractivity contribution in [3.8, 4) is 0 Å². The SMILES string of the molecule is O=C(Nc1ccc(I)cn1)C1CCSC1. The molecule has 3 nitrogen and oxygen atoms in total. The molecule has 0 spiro atoms. The van der Waals surface area contributed by atoms with Gasteiger partial charge in [0.1, 0.15) is 5.82 Å². The van der Waals surface area contributed by atoms with Gasteiger partial charge in [0.2, 0.25) is 5.91 Å². The van der Waals surface area contributed by atoms with Crippen molar-refractivity contribution in [1.82, 2.24) is 4.98 Å². The minimum absolute atomic E-state index is 0.105. The van der Waals surface area contributed by atoms with E-state index in [1.807, 2.05) is 23.9 Å². The monoisotopic (exact) mass is 334 g/mol. The number of rotatable bonds is 2. The highest BCUT2D eigenvalue weighted by atomic mass is 127. The Bertz CT molecular complexity index is 349. The van der Waals surface area contributed by atoms with Crippen LogP contribution in [-0.2, 0) is 4.79 Å². The second-order valence-electron chi connectivity index (χ2n) is 3.41. The Labute approximate surface area is 107 Å². The molecule has 1 saturated heterocycles. The first-order valence-corrected chi connectivity index (χ1v) is 6.99. The van der Waals surface area contributed by atoms with Crippen LogP contribution >= 0.6 is 34.4 Å². The topological polar surface area (TPSA) is 42.0 Å². The number of nitrogens with zero attached hydrogens (tertiary/aromatic N) is 1. The standard InChI is InChI=1S/C10H11IN2OS/c11-8-1-2-9(12-5-8)13-10(14)7-3-4-15-6-7/h1-2,5,7H,3-4,6H2,(H,12,13,14). The number of hydrogen-bond acceptors (Lipinski definition) is 3. The van der Waals surface area contributed by atoms with Crippen LogP contribution in [0.2, 0.25) is 0 Å². The van der Waals surface area contributed by atoms with Crippen LogP contribution in [-0.4, -0.2) is 22.4 Å². The fourth-order valence-electron chi connectivity index (χ4n) is 1.42. The number of halogens is 1. The summed E-state index contributed by atoms with van der Waals surface area (Å²) in [7, 11) is 0. The van der Waals surface area contributed by atoms with E-state index in [1.165, 1.54) is 0 Å². The van der Waals surface area contributed by atoms with Crippen LogP contribution in [0.15, 0.2) is 18.3 Å². The third-order valence-corrected chi connectivity index (χ3v) is 4.08. The highest BCUT2D eigenvalue weighted by Crippen LogP contribution is 2.24. The zero-order valence-electron chi connectivity index (χ0n) is 8.07. The van der Waals surface area contributed by atoms with Crippen LogP contribution < -0.4 is 5.32 Å². The summed E-state index contributed by atoms with van der Waals surface area (Å²) < 4.78 is 1.07. The molecule has 2 rings (SSSR count). The van der Waals surface area contributed by atoms with E-state index in [0.29, 0.717) is 5.82 Å². The van der Waals surface area contributed by atoms with Crippen molar-refractivity contribution in [2.24, 2.45) is 5.92 Å². The van der Waals surface area contributed by atoms with Crippen molar-refractivity contribution in [2.75, 3.05) is 16.8 Å². The molecule has 1 fully saturated rings. The minimum atomic E-state index is 0.105. The van der Waals surface area contributed by atoms with Crippen LogP contribution in [0.25, 0.3) is 0 Å². The van der Waals surface area contributed by atoms with Gasteiger partial charge in [-0.2, -0.15) is 11.8 Å². The van der Waals surface area contributed by atoms with E-state index in [2.05, 4.69) is 32.9 Å². The summed E-state index contributed by atoms with van der Waals surface area (Å²) >= 11 is 4.03. The van der Waals surface area contributed by atoms with Gasteiger partial charge in [-0.3, -0.25) is 4.79 Å². The van der Waals surface area contributed by atoms with Crippen LogP contribution in [0, 0.1) is 9.49 Å². The van der Waals surface area contributed by atoms with Crippen molar-refractivity contribution in [2.45, 2.75) is 6.42 Å². The van der Waals surface area contributed by atoms with E-state index in [9.17, 15) is 4.79 Å². The Kier molecular flexibility index (Phi) is 3.85. The maximum absolute atomic E-state index is 11.7. The summed E-state index contributed by atoms with van der Waals surface area (Å²) in [5.74, 6) is 2.95. The van der Waals surface area contributed by atoms with Gasteiger partial charge in [0.15, 0.2) is 0 Å². The van der Waals surface area contributed by atoms with E-state index >= 15 is 0 Å². The lowest BCUT2D eigenvalue weighted by Crippen LogP contribution is -2.22. The van der Waals surface area contributed by atoms with Crippen LogP contribution in [0.4, 0.5) is 5.82 Å². The van der Waals surface area contributed by atoms with E-state index in [0.717, 1.165) is 21.5 Å². The van der Waals surface area contributed by atoms with Crippen molar-refractivity contribution < 1.29 is 4.79 Å². The zero-order chi connectivity index (χ0) is 10.7. The summed E-state index contributed by atoms with van der Waals surface area (Å²) in [5, 5.41) is 2.84. The molecule has 5 heteroatoms. The molecule has 1 unspecified atom stereocenters. The fraction of sp³-hybridized carbons (Fsp3) is 0.400. The summed E-state index contributed by atoms with van der Waals surface area (Å²) in [6, 6.07) is 3.77. The van der Waals surface area contributed by atoms with Gasteiger partial charge in [-0.25, -0.2) is 4.98 Å². The predicted octanol–water partition coefficient (Wildman–Crippen LogP) is 2.38. The lowest BCUT2D eigenvalue weighted by Gasteiger charge is -2.08. The number of hydrogen-bond donors (Lipinski definition) is 1. The van der Waals surface area contributed by atoms with Gasteiger partial charge in [0.05, 0.1) is 0 Å². The molecule has 0 aromatic carbocycles. The van der Waals surface area contributed by atoms with Gasteiger partial charge in [0.25, 0.3) is 0 Å². The normalized spacial score (nSPS) is 20.2. The van der Waals surface area contributed by atoms with E-state index < -0.39 is 0 Å². The Hall–Kier alpha value is -0.300. The molecule has 0 saturated carbocycles. The number of anilines is 1. The molecule has 1 aromatic heterocycles. The van der Waals surface area contributed by atoms with Gasteiger partial charge >= 0.3 is 0 Å². The average Bonchev–Trinajstić information content (AvgIpc) is 2.74. The van der Waals surface area contributed by atoms with Gasteiger partial charge < -0.3 is 5.32 Å². The summed E-state index contributed by atoms with van der Waals surface area (Å²) in [5.41, 5.74) is 0. The van der Waals surface area contributed by atoms with Crippen LogP contribution in [0.5, 0.6) is 0 Å². The molecule has 0 radical (unpaired) electrons. The molecule has 1 N–H and O–H groups in total. The lowest BCUT2D eigenvalue weighted by molar-refractivity contribution is -0.119. The molecule has 1 atom stereocenters. The average molecular weight is 334 g/mol. The fourth-order valence-corrected chi connectivity index (χ4v) is 2.96. The first-order valence-electron chi connectivity index (χ1n) is 4.76. The van der Waals surface area contributed by atoms with Crippen LogP contribution in [0.1, 0.15) is 6.42 Å². The van der Waals surface area contributed by atoms with Crippen molar-refractivity contribution in [3.63, 3.8) is 0 Å². The van der Waals surface area contributed by atoms with E-state index in [-0.39, 0.29) is 11.8 Å². The third kappa shape index (κ3) is 3.07. The second kappa shape index (κ2) is 5.16. The Morgan fingerprint density at radius 1 is 1.60 bits per heavy atom. The number of nitrogens with one attached hydrogen (secondary N) is 1. The highest BCUT2D eigenvalue weighted by Gasteiger charge is 2.23. The van der Waals surface area contributed by atoms with Crippen molar-refractivity contribution in [3.05, 3.63) is 21.9 Å². The van der Waals surface area contributed by atoms with Gasteiger partial charge in [-0.1, -0.05) is 0 Å². The molecule has 2 heterocycles. The molecule has 1 aromatic rings. The predicted molar refractivity (Wildman–Crippen MR) is 71.0 cm³/mol. The smallest absolute Gasteiger partial charge is 0.229 e.